The van der Waals surface area contributed by atoms with Gasteiger partial charge in [-0.25, -0.2) is 4.98 Å². The van der Waals surface area contributed by atoms with Gasteiger partial charge in [0.2, 0.25) is 5.91 Å². The SMILES string of the molecule is COc1ccc(NC(=O)Cn2cnc(-c3ccc(C(F)(F)F)cc3)cc2=O)cc1OC. The molecule has 31 heavy (non-hydrogen) atoms. The highest BCUT2D eigenvalue weighted by atomic mass is 19.4. The summed E-state index contributed by atoms with van der Waals surface area (Å²) in [4.78, 5) is 28.7. The van der Waals surface area contributed by atoms with Crippen LogP contribution >= 0.6 is 0 Å². The van der Waals surface area contributed by atoms with E-state index in [9.17, 15) is 22.8 Å². The summed E-state index contributed by atoms with van der Waals surface area (Å²) in [5.74, 6) is 0.457. The van der Waals surface area contributed by atoms with Gasteiger partial charge in [0.1, 0.15) is 6.54 Å². The van der Waals surface area contributed by atoms with Crippen molar-refractivity contribution < 1.29 is 27.4 Å². The van der Waals surface area contributed by atoms with Crippen LogP contribution in [0.15, 0.2) is 59.7 Å². The summed E-state index contributed by atoms with van der Waals surface area (Å²) >= 11 is 0. The molecule has 10 heteroatoms. The minimum absolute atomic E-state index is 0.204. The Labute approximate surface area is 175 Å². The average Bonchev–Trinajstić information content (AvgIpc) is 2.74. The maximum atomic E-state index is 12.7. The number of nitrogens with zero attached hydrogens (tertiary/aromatic N) is 2. The predicted octanol–water partition coefficient (Wildman–Crippen LogP) is 3.59. The normalized spacial score (nSPS) is 11.1. The molecule has 1 amide bonds. The van der Waals surface area contributed by atoms with E-state index in [2.05, 4.69) is 10.3 Å². The van der Waals surface area contributed by atoms with Crippen molar-refractivity contribution >= 4 is 11.6 Å². The van der Waals surface area contributed by atoms with Crippen molar-refractivity contribution in [2.45, 2.75) is 12.7 Å². The highest BCUT2D eigenvalue weighted by molar-refractivity contribution is 5.90. The van der Waals surface area contributed by atoms with Crippen LogP contribution in [0.1, 0.15) is 5.56 Å². The molecule has 1 N–H and O–H groups in total. The molecular weight excluding hydrogens is 415 g/mol. The molecule has 0 atom stereocenters. The Balaban J connectivity index is 1.72. The number of hydrogen-bond acceptors (Lipinski definition) is 5. The monoisotopic (exact) mass is 433 g/mol. The van der Waals surface area contributed by atoms with E-state index in [0.29, 0.717) is 22.7 Å². The number of methoxy groups -OCH3 is 2. The third-order valence-corrected chi connectivity index (χ3v) is 4.37. The lowest BCUT2D eigenvalue weighted by Gasteiger charge is -2.11. The lowest BCUT2D eigenvalue weighted by atomic mass is 10.1. The van der Waals surface area contributed by atoms with Crippen molar-refractivity contribution in [3.05, 3.63) is 70.8 Å². The molecule has 0 unspecified atom stereocenters. The third kappa shape index (κ3) is 5.21. The second kappa shape index (κ2) is 8.90. The Hall–Kier alpha value is -3.82. The van der Waals surface area contributed by atoms with Crippen molar-refractivity contribution in [2.75, 3.05) is 19.5 Å². The molecule has 2 aromatic carbocycles. The van der Waals surface area contributed by atoms with E-state index in [0.717, 1.165) is 22.8 Å². The highest BCUT2D eigenvalue weighted by Gasteiger charge is 2.30. The first-order valence-corrected chi connectivity index (χ1v) is 8.97. The van der Waals surface area contributed by atoms with Crippen molar-refractivity contribution in [2.24, 2.45) is 0 Å². The van der Waals surface area contributed by atoms with Crippen LogP contribution in [-0.2, 0) is 17.5 Å². The van der Waals surface area contributed by atoms with Crippen LogP contribution in [0.2, 0.25) is 0 Å². The minimum Gasteiger partial charge on any atom is -0.493 e. The Bertz CT molecular complexity index is 1140. The van der Waals surface area contributed by atoms with E-state index < -0.39 is 23.2 Å². The summed E-state index contributed by atoms with van der Waals surface area (Å²) in [6.45, 7) is -0.298. The second-order valence-corrected chi connectivity index (χ2v) is 6.43. The quantitative estimate of drug-likeness (QED) is 0.643. The number of benzene rings is 2. The van der Waals surface area contributed by atoms with Gasteiger partial charge in [0.05, 0.1) is 31.8 Å². The standard InChI is InChI=1S/C21H18F3N3O4/c1-30-17-8-7-15(9-18(17)31-2)26-19(28)11-27-12-25-16(10-20(27)29)13-3-5-14(6-4-13)21(22,23)24/h3-10,12H,11H2,1-2H3,(H,26,28). The molecule has 0 saturated heterocycles. The molecule has 0 fully saturated rings. The molecule has 1 aromatic heterocycles. The van der Waals surface area contributed by atoms with Crippen molar-refractivity contribution in [1.82, 2.24) is 9.55 Å². The largest absolute Gasteiger partial charge is 0.493 e. The first-order valence-electron chi connectivity index (χ1n) is 8.97. The van der Waals surface area contributed by atoms with Gasteiger partial charge in [0.25, 0.3) is 5.56 Å². The Morgan fingerprint density at radius 1 is 1.03 bits per heavy atom. The topological polar surface area (TPSA) is 82.5 Å². The fourth-order valence-electron chi connectivity index (χ4n) is 2.80. The van der Waals surface area contributed by atoms with Gasteiger partial charge in [-0.15, -0.1) is 0 Å². The molecule has 7 nitrogen and oxygen atoms in total. The van der Waals surface area contributed by atoms with Gasteiger partial charge < -0.3 is 14.8 Å². The average molecular weight is 433 g/mol. The van der Waals surface area contributed by atoms with Gasteiger partial charge in [-0.3, -0.25) is 14.2 Å². The molecule has 0 aliphatic heterocycles. The maximum Gasteiger partial charge on any atom is 0.416 e. The van der Waals surface area contributed by atoms with Gasteiger partial charge in [-0.2, -0.15) is 13.2 Å². The second-order valence-electron chi connectivity index (χ2n) is 6.43. The number of carbonyl (C=O) groups excluding carboxylic acids is 1. The summed E-state index contributed by atoms with van der Waals surface area (Å²) in [6, 6.07) is 10.3. The van der Waals surface area contributed by atoms with E-state index in [4.69, 9.17) is 9.47 Å². The summed E-state index contributed by atoms with van der Waals surface area (Å²) in [5.41, 5.74) is -0.309. The maximum absolute atomic E-state index is 12.7. The molecule has 0 saturated carbocycles. The van der Waals surface area contributed by atoms with Gasteiger partial charge >= 0.3 is 6.18 Å². The van der Waals surface area contributed by atoms with E-state index >= 15 is 0 Å². The van der Waals surface area contributed by atoms with Gasteiger partial charge in [-0.1, -0.05) is 12.1 Å². The van der Waals surface area contributed by atoms with Crippen LogP contribution < -0.4 is 20.3 Å². The van der Waals surface area contributed by atoms with Crippen LogP contribution in [0.25, 0.3) is 11.3 Å². The Morgan fingerprint density at radius 3 is 2.29 bits per heavy atom. The summed E-state index contributed by atoms with van der Waals surface area (Å²) in [5, 5.41) is 2.64. The Kier molecular flexibility index (Phi) is 6.28. The van der Waals surface area contributed by atoms with Crippen LogP contribution in [-0.4, -0.2) is 29.7 Å². The first kappa shape index (κ1) is 21.9. The number of alkyl halides is 3. The number of nitrogens with one attached hydrogen (secondary N) is 1. The molecule has 1 heterocycles. The molecule has 0 aliphatic rings. The van der Waals surface area contributed by atoms with Crippen LogP contribution in [0.5, 0.6) is 11.5 Å². The van der Waals surface area contributed by atoms with Crippen molar-refractivity contribution in [1.29, 1.82) is 0 Å². The van der Waals surface area contributed by atoms with E-state index in [-0.39, 0.29) is 12.2 Å². The predicted molar refractivity (Wildman–Crippen MR) is 107 cm³/mol. The summed E-state index contributed by atoms with van der Waals surface area (Å²) < 4.78 is 49.4. The van der Waals surface area contributed by atoms with E-state index in [1.807, 2.05) is 0 Å². The van der Waals surface area contributed by atoms with Crippen LogP contribution in [0, 0.1) is 0 Å². The van der Waals surface area contributed by atoms with Crippen LogP contribution in [0.4, 0.5) is 18.9 Å². The zero-order valence-electron chi connectivity index (χ0n) is 16.6. The number of carbonyl (C=O) groups is 1. The lowest BCUT2D eigenvalue weighted by Crippen LogP contribution is -2.27. The Morgan fingerprint density at radius 2 is 1.71 bits per heavy atom. The summed E-state index contributed by atoms with van der Waals surface area (Å²) in [6.07, 6.45) is -3.28. The summed E-state index contributed by atoms with van der Waals surface area (Å²) in [7, 11) is 2.96. The van der Waals surface area contributed by atoms with Crippen molar-refractivity contribution in [3.8, 4) is 22.8 Å². The number of amides is 1. The molecule has 3 rings (SSSR count). The molecule has 0 radical (unpaired) electrons. The molecule has 0 aliphatic carbocycles. The minimum atomic E-state index is -4.45. The number of ether oxygens (including phenoxy) is 2. The van der Waals surface area contributed by atoms with Crippen LogP contribution in [0.3, 0.4) is 0 Å². The molecule has 0 spiro atoms. The number of halogens is 3. The number of aromatic nitrogens is 2. The molecule has 0 bridgehead atoms. The van der Waals surface area contributed by atoms with Gasteiger partial charge in [0.15, 0.2) is 11.5 Å². The highest BCUT2D eigenvalue weighted by Crippen LogP contribution is 2.31. The van der Waals surface area contributed by atoms with Gasteiger partial charge in [-0.05, 0) is 24.3 Å². The van der Waals surface area contributed by atoms with E-state index in [1.54, 1.807) is 18.2 Å². The molecular formula is C21H18F3N3O4. The molecule has 3 aromatic rings. The zero-order valence-corrected chi connectivity index (χ0v) is 16.6. The molecule has 162 valence electrons. The number of hydrogen-bond donors (Lipinski definition) is 1. The first-order chi connectivity index (χ1) is 14.7. The van der Waals surface area contributed by atoms with Crippen molar-refractivity contribution in [3.63, 3.8) is 0 Å². The number of anilines is 1. The van der Waals surface area contributed by atoms with Gasteiger partial charge in [0, 0.05) is 23.4 Å². The number of rotatable bonds is 6. The van der Waals surface area contributed by atoms with E-state index in [1.165, 1.54) is 32.7 Å². The fraction of sp³-hybridized carbons (Fsp3) is 0.190. The fourth-order valence-corrected chi connectivity index (χ4v) is 2.80. The lowest BCUT2D eigenvalue weighted by molar-refractivity contribution is -0.137. The smallest absolute Gasteiger partial charge is 0.416 e. The third-order valence-electron chi connectivity index (χ3n) is 4.37. The zero-order chi connectivity index (χ0) is 22.6.